The Morgan fingerprint density at radius 1 is 1.28 bits per heavy atom. The summed E-state index contributed by atoms with van der Waals surface area (Å²) in [7, 11) is 0. The van der Waals surface area contributed by atoms with Crippen LogP contribution < -0.4 is 0 Å². The molecule has 4 N–H and O–H groups in total. The van der Waals surface area contributed by atoms with Crippen molar-refractivity contribution in [2.45, 2.75) is 59.5 Å². The van der Waals surface area contributed by atoms with Crippen LogP contribution in [-0.4, -0.2) is 43.3 Å². The molecule has 2 aromatic heterocycles. The quantitative estimate of drug-likeness (QED) is 0.643. The van der Waals surface area contributed by atoms with Gasteiger partial charge in [0, 0.05) is 23.2 Å². The van der Waals surface area contributed by atoms with Gasteiger partial charge in [0.1, 0.15) is 6.61 Å². The van der Waals surface area contributed by atoms with Crippen molar-refractivity contribution < 1.29 is 14.7 Å². The summed E-state index contributed by atoms with van der Waals surface area (Å²) in [6, 6.07) is 4.03. The van der Waals surface area contributed by atoms with Gasteiger partial charge >= 0.3 is 0 Å². The molecule has 4 rings (SSSR count). The Hall–Kier alpha value is -2.51. The first-order valence-electron chi connectivity index (χ1n) is 10.1. The van der Waals surface area contributed by atoms with E-state index in [1.807, 2.05) is 26.0 Å². The average Bonchev–Trinajstić information content (AvgIpc) is 3.29. The van der Waals surface area contributed by atoms with Crippen LogP contribution in [0.5, 0.6) is 0 Å². The van der Waals surface area contributed by atoms with Crippen molar-refractivity contribution in [3.63, 3.8) is 0 Å². The Bertz CT molecular complexity index is 1010. The molecule has 1 aromatic carbocycles. The number of nitrogens with one attached hydrogen (secondary N) is 1. The third kappa shape index (κ3) is 3.84. The highest BCUT2D eigenvalue weighted by Crippen LogP contribution is 2.37. The SMILES string of the molecule is Cc1cc(-c2noc(-c3n[nH]c4c3CCC(C)(C)C4)n2)cc(C)c1CC([OH2+])CO. The van der Waals surface area contributed by atoms with Crippen LogP contribution in [0, 0.1) is 19.3 Å². The molecule has 0 bridgehead atoms. The minimum Gasteiger partial charge on any atom is -0.441 e. The molecule has 1 unspecified atom stereocenters. The molecule has 154 valence electrons. The van der Waals surface area contributed by atoms with Crippen LogP contribution in [0.15, 0.2) is 16.7 Å². The molecule has 0 radical (unpaired) electrons. The number of aliphatic hydroxyl groups excluding tert-OH is 1. The van der Waals surface area contributed by atoms with E-state index in [1.165, 1.54) is 11.3 Å². The number of aromatic nitrogens is 4. The molecule has 0 fully saturated rings. The maximum atomic E-state index is 9.19. The zero-order valence-electron chi connectivity index (χ0n) is 17.5. The molecule has 2 heterocycles. The number of H-pyrrole nitrogens is 1. The lowest BCUT2D eigenvalue weighted by molar-refractivity contribution is 0.0953. The van der Waals surface area contributed by atoms with Crippen molar-refractivity contribution in [2.75, 3.05) is 6.61 Å². The van der Waals surface area contributed by atoms with Crippen molar-refractivity contribution in [1.29, 1.82) is 0 Å². The van der Waals surface area contributed by atoms with Gasteiger partial charge in [-0.25, -0.2) is 0 Å². The Labute approximate surface area is 170 Å². The average molecular weight is 397 g/mol. The van der Waals surface area contributed by atoms with Gasteiger partial charge in [-0.3, -0.25) is 5.10 Å². The van der Waals surface area contributed by atoms with Crippen LogP contribution in [0.3, 0.4) is 0 Å². The van der Waals surface area contributed by atoms with Gasteiger partial charge in [0.15, 0.2) is 11.8 Å². The van der Waals surface area contributed by atoms with E-state index < -0.39 is 6.10 Å². The fraction of sp³-hybridized carbons (Fsp3) is 0.500. The summed E-state index contributed by atoms with van der Waals surface area (Å²) in [5, 5.41) is 28.9. The van der Waals surface area contributed by atoms with E-state index in [4.69, 9.17) is 9.63 Å². The predicted octanol–water partition coefficient (Wildman–Crippen LogP) is 2.89. The largest absolute Gasteiger partial charge is 0.441 e. The summed E-state index contributed by atoms with van der Waals surface area (Å²) < 4.78 is 5.57. The van der Waals surface area contributed by atoms with Crippen LogP contribution in [0.25, 0.3) is 23.0 Å². The molecule has 1 aliphatic rings. The number of aryl methyl sites for hydroxylation is 2. The number of nitrogens with zero attached hydrogens (tertiary/aromatic N) is 3. The minimum absolute atomic E-state index is 0.139. The molecule has 0 saturated carbocycles. The van der Waals surface area contributed by atoms with Gasteiger partial charge < -0.3 is 14.7 Å². The molecular formula is C22H29N4O3+. The third-order valence-corrected chi connectivity index (χ3v) is 5.91. The van der Waals surface area contributed by atoms with Gasteiger partial charge in [-0.2, -0.15) is 10.1 Å². The molecule has 1 aliphatic carbocycles. The van der Waals surface area contributed by atoms with Gasteiger partial charge in [-0.15, -0.1) is 0 Å². The highest BCUT2D eigenvalue weighted by Gasteiger charge is 2.30. The second-order valence-corrected chi connectivity index (χ2v) is 8.97. The fourth-order valence-corrected chi connectivity index (χ4v) is 4.22. The normalized spacial score (nSPS) is 16.6. The topological polar surface area (TPSA) is 111 Å². The molecule has 3 aromatic rings. The summed E-state index contributed by atoms with van der Waals surface area (Å²) in [5.41, 5.74) is 7.51. The molecule has 0 spiro atoms. The molecule has 0 saturated heterocycles. The summed E-state index contributed by atoms with van der Waals surface area (Å²) in [4.78, 5) is 4.62. The molecule has 1 atom stereocenters. The highest BCUT2D eigenvalue weighted by molar-refractivity contribution is 5.63. The number of rotatable bonds is 5. The van der Waals surface area contributed by atoms with E-state index >= 15 is 0 Å². The van der Waals surface area contributed by atoms with Crippen molar-refractivity contribution in [2.24, 2.45) is 5.41 Å². The molecular weight excluding hydrogens is 368 g/mol. The van der Waals surface area contributed by atoms with Crippen LogP contribution in [-0.2, 0) is 19.3 Å². The van der Waals surface area contributed by atoms with E-state index in [-0.39, 0.29) is 12.0 Å². The first-order valence-corrected chi connectivity index (χ1v) is 10.1. The fourth-order valence-electron chi connectivity index (χ4n) is 4.22. The lowest BCUT2D eigenvalue weighted by Gasteiger charge is -2.28. The first-order chi connectivity index (χ1) is 13.8. The van der Waals surface area contributed by atoms with E-state index in [0.29, 0.717) is 18.1 Å². The standard InChI is InChI=1S/C22H28N4O3/c1-12-7-14(8-13(2)17(12)9-15(28)11-27)20-23-21(29-26-20)19-16-5-6-22(3,4)10-18(16)24-25-19/h7-8,15,27-28H,5-6,9-11H2,1-4H3,(H,24,25)/p+1. The Morgan fingerprint density at radius 3 is 2.69 bits per heavy atom. The molecule has 0 aliphatic heterocycles. The van der Waals surface area contributed by atoms with Gasteiger partial charge in [0.2, 0.25) is 5.82 Å². The van der Waals surface area contributed by atoms with Crippen LogP contribution in [0.4, 0.5) is 0 Å². The Morgan fingerprint density at radius 2 is 2.00 bits per heavy atom. The number of hydrogen-bond acceptors (Lipinski definition) is 5. The van der Waals surface area contributed by atoms with E-state index in [1.54, 1.807) is 0 Å². The van der Waals surface area contributed by atoms with E-state index in [9.17, 15) is 5.11 Å². The molecule has 7 heteroatoms. The zero-order chi connectivity index (χ0) is 20.8. The maximum Gasteiger partial charge on any atom is 0.279 e. The zero-order valence-corrected chi connectivity index (χ0v) is 17.5. The number of hydrogen-bond donors (Lipinski definition) is 2. The smallest absolute Gasteiger partial charge is 0.279 e. The number of benzene rings is 1. The molecule has 0 amide bonds. The molecule has 7 nitrogen and oxygen atoms in total. The Kier molecular flexibility index (Phi) is 5.04. The second kappa shape index (κ2) is 7.39. The van der Waals surface area contributed by atoms with Gasteiger partial charge in [-0.05, 0) is 67.3 Å². The van der Waals surface area contributed by atoms with Crippen LogP contribution in [0.1, 0.15) is 48.2 Å². The highest BCUT2D eigenvalue weighted by atomic mass is 16.5. The maximum absolute atomic E-state index is 9.19. The monoisotopic (exact) mass is 397 g/mol. The van der Waals surface area contributed by atoms with Crippen molar-refractivity contribution in [3.05, 3.63) is 40.1 Å². The van der Waals surface area contributed by atoms with E-state index in [2.05, 4.69) is 34.2 Å². The summed E-state index contributed by atoms with van der Waals surface area (Å²) in [6.07, 6.45) is 3.06. The number of fused-ring (bicyclic) bond motifs is 1. The van der Waals surface area contributed by atoms with Gasteiger partial charge in [0.25, 0.3) is 5.89 Å². The summed E-state index contributed by atoms with van der Waals surface area (Å²) >= 11 is 0. The Balaban J connectivity index is 1.63. The second-order valence-electron chi connectivity index (χ2n) is 8.97. The van der Waals surface area contributed by atoms with Crippen molar-refractivity contribution in [3.8, 4) is 23.0 Å². The lowest BCUT2D eigenvalue weighted by atomic mass is 9.76. The first kappa shape index (κ1) is 19.8. The number of aromatic amines is 1. The predicted molar refractivity (Wildman–Crippen MR) is 111 cm³/mol. The summed E-state index contributed by atoms with van der Waals surface area (Å²) in [5.74, 6) is 0.985. The molecule has 29 heavy (non-hydrogen) atoms. The minimum atomic E-state index is -0.508. The third-order valence-electron chi connectivity index (χ3n) is 5.91. The van der Waals surface area contributed by atoms with Gasteiger partial charge in [0.05, 0.1) is 0 Å². The van der Waals surface area contributed by atoms with Crippen molar-refractivity contribution in [1.82, 2.24) is 20.3 Å². The van der Waals surface area contributed by atoms with Crippen LogP contribution >= 0.6 is 0 Å². The summed E-state index contributed by atoms with van der Waals surface area (Å²) in [6.45, 7) is 8.45. The van der Waals surface area contributed by atoms with Crippen LogP contribution in [0.2, 0.25) is 0 Å². The van der Waals surface area contributed by atoms with Gasteiger partial charge in [-0.1, -0.05) is 19.0 Å². The number of aliphatic hydroxyl groups is 1. The van der Waals surface area contributed by atoms with Crippen molar-refractivity contribution >= 4 is 0 Å². The van der Waals surface area contributed by atoms with E-state index in [0.717, 1.165) is 47.2 Å². The lowest BCUT2D eigenvalue weighted by Crippen LogP contribution is -2.21.